The lowest BCUT2D eigenvalue weighted by Crippen LogP contribution is -2.32. The normalized spacial score (nSPS) is 19.4. The number of benzene rings is 1. The van der Waals surface area contributed by atoms with Gasteiger partial charge in [0.1, 0.15) is 11.0 Å². The van der Waals surface area contributed by atoms with Crippen molar-refractivity contribution in [2.75, 3.05) is 11.4 Å². The molecule has 1 aromatic rings. The maximum Gasteiger partial charge on any atom is 0.387 e. The van der Waals surface area contributed by atoms with E-state index in [1.165, 1.54) is 18.2 Å². The fourth-order valence-electron chi connectivity index (χ4n) is 2.02. The minimum atomic E-state index is -3.91. The number of anilines is 1. The molecule has 0 aliphatic carbocycles. The third-order valence-electron chi connectivity index (χ3n) is 2.98. The van der Waals surface area contributed by atoms with E-state index in [1.807, 2.05) is 0 Å². The van der Waals surface area contributed by atoms with E-state index in [-0.39, 0.29) is 29.4 Å². The monoisotopic (exact) mass is 340 g/mol. The molecule has 1 aliphatic heterocycles. The zero-order valence-corrected chi connectivity index (χ0v) is 12.1. The summed E-state index contributed by atoms with van der Waals surface area (Å²) in [6.07, 6.45) is -0.320. The van der Waals surface area contributed by atoms with Crippen molar-refractivity contribution >= 4 is 33.2 Å². The first-order valence-corrected chi connectivity index (χ1v) is 7.73. The highest BCUT2D eigenvalue weighted by atomic mass is 35.5. The molecule has 0 aromatic heterocycles. The zero-order valence-electron chi connectivity index (χ0n) is 10.5. The number of halogens is 3. The van der Waals surface area contributed by atoms with Crippen molar-refractivity contribution in [3.63, 3.8) is 0 Å². The lowest BCUT2D eigenvalue weighted by atomic mass is 10.2. The minimum Gasteiger partial charge on any atom is -0.433 e. The molecule has 0 saturated carbocycles. The maximum absolute atomic E-state index is 12.4. The van der Waals surface area contributed by atoms with E-state index in [9.17, 15) is 22.0 Å². The average molecular weight is 341 g/mol. The van der Waals surface area contributed by atoms with Crippen molar-refractivity contribution < 1.29 is 26.7 Å². The van der Waals surface area contributed by atoms with Gasteiger partial charge < -0.3 is 9.64 Å². The third kappa shape index (κ3) is 3.60. The molecule has 1 unspecified atom stereocenters. The van der Waals surface area contributed by atoms with Gasteiger partial charge >= 0.3 is 6.61 Å². The summed E-state index contributed by atoms with van der Waals surface area (Å²) in [7, 11) is -3.91. The van der Waals surface area contributed by atoms with E-state index in [4.69, 9.17) is 16.7 Å². The van der Waals surface area contributed by atoms with Crippen LogP contribution in [0.4, 0.5) is 14.5 Å². The molecule has 10 heteroatoms. The number of primary sulfonamides is 1. The van der Waals surface area contributed by atoms with Crippen LogP contribution >= 0.6 is 11.6 Å². The third-order valence-corrected chi connectivity index (χ3v) is 4.46. The van der Waals surface area contributed by atoms with Crippen LogP contribution in [0.25, 0.3) is 0 Å². The zero-order chi connectivity index (χ0) is 15.8. The Bertz CT molecular complexity index is 668. The lowest BCUT2D eigenvalue weighted by molar-refractivity contribution is -0.117. The Balaban J connectivity index is 2.37. The largest absolute Gasteiger partial charge is 0.433 e. The Morgan fingerprint density at radius 1 is 1.43 bits per heavy atom. The average Bonchev–Trinajstić information content (AvgIpc) is 2.73. The summed E-state index contributed by atoms with van der Waals surface area (Å²) in [5.74, 6) is -0.826. The van der Waals surface area contributed by atoms with Gasteiger partial charge in [-0.25, -0.2) is 13.6 Å². The summed E-state index contributed by atoms with van der Waals surface area (Å²) in [5.41, 5.74) is -0.0149. The van der Waals surface area contributed by atoms with Crippen LogP contribution in [0, 0.1) is 0 Å². The number of hydrogen-bond donors (Lipinski definition) is 1. The van der Waals surface area contributed by atoms with Gasteiger partial charge in [-0.15, -0.1) is 0 Å². The van der Waals surface area contributed by atoms with Crippen LogP contribution in [0.1, 0.15) is 6.42 Å². The van der Waals surface area contributed by atoms with Gasteiger partial charge in [0.2, 0.25) is 15.9 Å². The van der Waals surface area contributed by atoms with Gasteiger partial charge in [-0.2, -0.15) is 8.78 Å². The minimum absolute atomic E-state index is 0.0149. The predicted molar refractivity (Wildman–Crippen MR) is 71.9 cm³/mol. The maximum atomic E-state index is 12.4. The molecule has 1 heterocycles. The highest BCUT2D eigenvalue weighted by molar-refractivity contribution is 7.89. The Morgan fingerprint density at radius 2 is 2.10 bits per heavy atom. The fourth-order valence-corrected chi connectivity index (χ4v) is 2.92. The Kier molecular flexibility index (Phi) is 4.35. The molecule has 0 bridgehead atoms. The Hall–Kier alpha value is -1.45. The Morgan fingerprint density at radius 3 is 2.62 bits per heavy atom. The first-order chi connectivity index (χ1) is 9.68. The van der Waals surface area contributed by atoms with Crippen LogP contribution in [-0.4, -0.2) is 32.7 Å². The van der Waals surface area contributed by atoms with Gasteiger partial charge in [0.05, 0.1) is 5.69 Å². The van der Waals surface area contributed by atoms with Crippen molar-refractivity contribution in [3.05, 3.63) is 23.2 Å². The molecule has 116 valence electrons. The van der Waals surface area contributed by atoms with E-state index < -0.39 is 27.8 Å². The first kappa shape index (κ1) is 15.9. The van der Waals surface area contributed by atoms with Crippen molar-refractivity contribution in [2.45, 2.75) is 18.3 Å². The number of ether oxygens (including phenoxy) is 1. The summed E-state index contributed by atoms with van der Waals surface area (Å²) < 4.78 is 51.7. The van der Waals surface area contributed by atoms with Gasteiger partial charge in [0.25, 0.3) is 0 Å². The highest BCUT2D eigenvalue weighted by Crippen LogP contribution is 2.35. The van der Waals surface area contributed by atoms with Crippen molar-refractivity contribution in [2.24, 2.45) is 5.14 Å². The molecule has 1 atom stereocenters. The molecule has 6 nitrogen and oxygen atoms in total. The van der Waals surface area contributed by atoms with E-state index in [1.54, 1.807) is 0 Å². The predicted octanol–water partition coefficient (Wildman–Crippen LogP) is 1.34. The SMILES string of the molecule is NS(=O)(=O)C1CC(=O)N(c2cc(Cl)ccc2OC(F)F)C1. The van der Waals surface area contributed by atoms with Crippen molar-refractivity contribution in [3.8, 4) is 5.75 Å². The van der Waals surface area contributed by atoms with Gasteiger partial charge in [0, 0.05) is 18.0 Å². The van der Waals surface area contributed by atoms with E-state index in [2.05, 4.69) is 4.74 Å². The fraction of sp³-hybridized carbons (Fsp3) is 0.364. The number of nitrogens with two attached hydrogens (primary N) is 1. The summed E-state index contributed by atoms with van der Waals surface area (Å²) in [5, 5.41) is 4.11. The van der Waals surface area contributed by atoms with Gasteiger partial charge in [-0.3, -0.25) is 4.79 Å². The summed E-state index contributed by atoms with van der Waals surface area (Å²) in [6, 6.07) is 3.75. The highest BCUT2D eigenvalue weighted by Gasteiger charge is 2.38. The van der Waals surface area contributed by atoms with Crippen LogP contribution < -0.4 is 14.8 Å². The molecule has 21 heavy (non-hydrogen) atoms. The van der Waals surface area contributed by atoms with Gasteiger partial charge in [-0.05, 0) is 18.2 Å². The van der Waals surface area contributed by atoms with Crippen LogP contribution in [-0.2, 0) is 14.8 Å². The van der Waals surface area contributed by atoms with Crippen LogP contribution in [0.5, 0.6) is 5.75 Å². The number of amides is 1. The summed E-state index contributed by atoms with van der Waals surface area (Å²) >= 11 is 5.78. The number of rotatable bonds is 4. The Labute approximate surface area is 124 Å². The van der Waals surface area contributed by atoms with Crippen LogP contribution in [0.3, 0.4) is 0 Å². The second kappa shape index (κ2) is 5.74. The molecule has 1 saturated heterocycles. The van der Waals surface area contributed by atoms with Crippen LogP contribution in [0.15, 0.2) is 18.2 Å². The van der Waals surface area contributed by atoms with Crippen molar-refractivity contribution in [1.82, 2.24) is 0 Å². The standard InChI is InChI=1S/C11H11ClF2N2O4S/c12-6-1-2-9(20-11(13)14)8(3-6)16-5-7(4-10(16)17)21(15,18)19/h1-3,7,11H,4-5H2,(H2,15,18,19). The summed E-state index contributed by atoms with van der Waals surface area (Å²) in [6.45, 7) is -3.32. The number of carbonyl (C=O) groups is 1. The van der Waals surface area contributed by atoms with Crippen molar-refractivity contribution in [1.29, 1.82) is 0 Å². The number of sulfonamides is 1. The molecular formula is C11H11ClF2N2O4S. The van der Waals surface area contributed by atoms with Gasteiger partial charge in [-0.1, -0.05) is 11.6 Å². The molecule has 2 N–H and O–H groups in total. The smallest absolute Gasteiger partial charge is 0.387 e. The van der Waals surface area contributed by atoms with E-state index in [0.29, 0.717) is 0 Å². The second-order valence-corrected chi connectivity index (χ2v) is 6.69. The quantitative estimate of drug-likeness (QED) is 0.895. The van der Waals surface area contributed by atoms with E-state index in [0.717, 1.165) is 4.90 Å². The molecule has 1 aliphatic rings. The molecule has 0 spiro atoms. The first-order valence-electron chi connectivity index (χ1n) is 5.75. The molecule has 1 amide bonds. The molecule has 2 rings (SSSR count). The van der Waals surface area contributed by atoms with E-state index >= 15 is 0 Å². The number of alkyl halides is 2. The molecule has 0 radical (unpaired) electrons. The molecule has 1 fully saturated rings. The number of carbonyl (C=O) groups excluding carboxylic acids is 1. The topological polar surface area (TPSA) is 89.7 Å². The van der Waals surface area contributed by atoms with Gasteiger partial charge in [0.15, 0.2) is 0 Å². The molecular weight excluding hydrogens is 330 g/mol. The van der Waals surface area contributed by atoms with Crippen LogP contribution in [0.2, 0.25) is 5.02 Å². The summed E-state index contributed by atoms with van der Waals surface area (Å²) in [4.78, 5) is 12.9. The molecule has 1 aromatic carbocycles. The second-order valence-electron chi connectivity index (χ2n) is 4.41. The number of nitrogens with zero attached hydrogens (tertiary/aromatic N) is 1. The lowest BCUT2D eigenvalue weighted by Gasteiger charge is -2.20. The number of hydrogen-bond acceptors (Lipinski definition) is 4.